The van der Waals surface area contributed by atoms with Crippen LogP contribution in [0.2, 0.25) is 0 Å². The summed E-state index contributed by atoms with van der Waals surface area (Å²) in [5.41, 5.74) is 1.68. The molecule has 1 aliphatic heterocycles. The summed E-state index contributed by atoms with van der Waals surface area (Å²) in [6.45, 7) is 5.47. The smallest absolute Gasteiger partial charge is 0.242 e. The van der Waals surface area contributed by atoms with Gasteiger partial charge in [0.1, 0.15) is 6.54 Å². The number of amides is 2. The minimum Gasteiger partial charge on any atom is -0.339 e. The van der Waals surface area contributed by atoms with Gasteiger partial charge in [-0.15, -0.1) is 0 Å². The van der Waals surface area contributed by atoms with Crippen molar-refractivity contribution in [2.75, 3.05) is 26.2 Å². The Kier molecular flexibility index (Phi) is 5.58. The highest BCUT2D eigenvalue weighted by Crippen LogP contribution is 2.30. The molecule has 31 heavy (non-hydrogen) atoms. The molecule has 1 fully saturated rings. The predicted molar refractivity (Wildman–Crippen MR) is 117 cm³/mol. The molecule has 8 heteroatoms. The van der Waals surface area contributed by atoms with Crippen LogP contribution >= 0.6 is 0 Å². The van der Waals surface area contributed by atoms with Crippen molar-refractivity contribution in [3.63, 3.8) is 0 Å². The van der Waals surface area contributed by atoms with Crippen LogP contribution in [0.15, 0.2) is 64.5 Å². The van der Waals surface area contributed by atoms with Crippen molar-refractivity contribution in [1.82, 2.24) is 14.4 Å². The zero-order chi connectivity index (χ0) is 22.2. The predicted octanol–water partition coefficient (Wildman–Crippen LogP) is 2.47. The zero-order valence-corrected chi connectivity index (χ0v) is 18.4. The summed E-state index contributed by atoms with van der Waals surface area (Å²) in [5, 5.41) is 0.595. The lowest BCUT2D eigenvalue weighted by molar-refractivity contribution is -0.138. The van der Waals surface area contributed by atoms with Gasteiger partial charge in [-0.3, -0.25) is 9.59 Å². The van der Waals surface area contributed by atoms with Crippen LogP contribution in [0.3, 0.4) is 0 Å². The summed E-state index contributed by atoms with van der Waals surface area (Å²) in [4.78, 5) is 28.3. The van der Waals surface area contributed by atoms with Crippen LogP contribution < -0.4 is 0 Å². The van der Waals surface area contributed by atoms with Crippen LogP contribution in [0.5, 0.6) is 0 Å². The Morgan fingerprint density at radius 2 is 1.52 bits per heavy atom. The standard InChI is InChI=1S/C23H25N3O4S/c1-17-7-9-19(10-8-17)31(29,30)22-15-26(21-6-4-3-5-20(21)22)16-23(28)25-13-11-24(12-14-25)18(2)27/h3-10,15H,11-14,16H2,1-2H3. The number of carbonyl (C=O) groups is 2. The second-order valence-corrected chi connectivity index (χ2v) is 9.76. The fourth-order valence-electron chi connectivity index (χ4n) is 3.92. The second-order valence-electron chi connectivity index (χ2n) is 7.84. The molecule has 7 nitrogen and oxygen atoms in total. The molecule has 2 amide bonds. The molecule has 1 aromatic heterocycles. The summed E-state index contributed by atoms with van der Waals surface area (Å²) >= 11 is 0. The minimum absolute atomic E-state index is 0.00876. The summed E-state index contributed by atoms with van der Waals surface area (Å²) < 4.78 is 28.3. The maximum atomic E-state index is 13.3. The second kappa shape index (κ2) is 8.19. The number of carbonyl (C=O) groups excluding carboxylic acids is 2. The van der Waals surface area contributed by atoms with Crippen LogP contribution in [0.4, 0.5) is 0 Å². The molecule has 162 valence electrons. The molecular formula is C23H25N3O4S. The molecule has 0 N–H and O–H groups in total. The van der Waals surface area contributed by atoms with Gasteiger partial charge in [0.05, 0.1) is 9.79 Å². The Bertz CT molecular complexity index is 1240. The number of hydrogen-bond acceptors (Lipinski definition) is 4. The minimum atomic E-state index is -3.73. The highest BCUT2D eigenvalue weighted by atomic mass is 32.2. The molecule has 0 spiro atoms. The van der Waals surface area contributed by atoms with Crippen LogP contribution in [0.25, 0.3) is 10.9 Å². The maximum Gasteiger partial charge on any atom is 0.242 e. The number of sulfone groups is 1. The first-order chi connectivity index (χ1) is 14.8. The molecule has 0 aliphatic carbocycles. The Hall–Kier alpha value is -3.13. The number of aromatic nitrogens is 1. The SMILES string of the molecule is CC(=O)N1CCN(C(=O)Cn2cc(S(=O)(=O)c3ccc(C)cc3)c3ccccc32)CC1. The summed E-state index contributed by atoms with van der Waals surface area (Å²) in [6, 6.07) is 14.0. The topological polar surface area (TPSA) is 79.7 Å². The maximum absolute atomic E-state index is 13.3. The number of fused-ring (bicyclic) bond motifs is 1. The number of aryl methyl sites for hydroxylation is 1. The van der Waals surface area contributed by atoms with Crippen molar-refractivity contribution < 1.29 is 18.0 Å². The van der Waals surface area contributed by atoms with Crippen LogP contribution in [0.1, 0.15) is 12.5 Å². The number of rotatable bonds is 4. The summed E-state index contributed by atoms with van der Waals surface area (Å²) in [6.07, 6.45) is 1.56. The Labute approximate surface area is 181 Å². The van der Waals surface area contributed by atoms with Gasteiger partial charge in [-0.25, -0.2) is 8.42 Å². The number of hydrogen-bond donors (Lipinski definition) is 0. The van der Waals surface area contributed by atoms with Crippen LogP contribution in [-0.4, -0.2) is 60.8 Å². The van der Waals surface area contributed by atoms with E-state index in [0.717, 1.165) is 5.56 Å². The molecule has 0 atom stereocenters. The molecule has 1 saturated heterocycles. The van der Waals surface area contributed by atoms with E-state index in [1.165, 1.54) is 6.92 Å². The molecule has 0 radical (unpaired) electrons. The van der Waals surface area contributed by atoms with E-state index in [1.54, 1.807) is 57.0 Å². The van der Waals surface area contributed by atoms with Crippen molar-refractivity contribution in [2.24, 2.45) is 0 Å². The lowest BCUT2D eigenvalue weighted by Crippen LogP contribution is -2.50. The van der Waals surface area contributed by atoms with Gasteiger partial charge in [-0.2, -0.15) is 0 Å². The highest BCUT2D eigenvalue weighted by Gasteiger charge is 2.26. The monoisotopic (exact) mass is 439 g/mol. The third-order valence-electron chi connectivity index (χ3n) is 5.76. The van der Waals surface area contributed by atoms with Gasteiger partial charge in [0.25, 0.3) is 0 Å². The normalized spacial score (nSPS) is 14.8. The summed E-state index contributed by atoms with van der Waals surface area (Å²) in [7, 11) is -3.73. The van der Waals surface area contributed by atoms with Gasteiger partial charge >= 0.3 is 0 Å². The van der Waals surface area contributed by atoms with E-state index >= 15 is 0 Å². The molecule has 4 rings (SSSR count). The molecule has 3 aromatic rings. The van der Waals surface area contributed by atoms with E-state index in [0.29, 0.717) is 37.1 Å². The van der Waals surface area contributed by atoms with Gasteiger partial charge in [-0.05, 0) is 25.1 Å². The first-order valence-corrected chi connectivity index (χ1v) is 11.7. The van der Waals surface area contributed by atoms with Crippen molar-refractivity contribution in [3.8, 4) is 0 Å². The average Bonchev–Trinajstić information content (AvgIpc) is 3.13. The molecule has 1 aliphatic rings. The van der Waals surface area contributed by atoms with Crippen molar-refractivity contribution in [3.05, 3.63) is 60.3 Å². The van der Waals surface area contributed by atoms with E-state index in [1.807, 2.05) is 19.1 Å². The van der Waals surface area contributed by atoms with Crippen molar-refractivity contribution in [2.45, 2.75) is 30.2 Å². The molecule has 0 bridgehead atoms. The fraction of sp³-hybridized carbons (Fsp3) is 0.304. The Morgan fingerprint density at radius 3 is 2.16 bits per heavy atom. The van der Waals surface area contributed by atoms with Gasteiger partial charge in [0.2, 0.25) is 21.7 Å². The first kappa shape index (κ1) is 21.1. The number of para-hydroxylation sites is 1. The van der Waals surface area contributed by atoms with Crippen molar-refractivity contribution >= 4 is 32.6 Å². The van der Waals surface area contributed by atoms with E-state index in [-0.39, 0.29) is 28.2 Å². The number of piperazine rings is 1. The quantitative estimate of drug-likeness (QED) is 0.626. The number of benzene rings is 2. The Balaban J connectivity index is 1.64. The lowest BCUT2D eigenvalue weighted by atomic mass is 10.2. The average molecular weight is 440 g/mol. The number of nitrogens with zero attached hydrogens (tertiary/aromatic N) is 3. The molecule has 2 aromatic carbocycles. The zero-order valence-electron chi connectivity index (χ0n) is 17.6. The van der Waals surface area contributed by atoms with Crippen LogP contribution in [-0.2, 0) is 26.0 Å². The van der Waals surface area contributed by atoms with E-state index in [9.17, 15) is 18.0 Å². The third-order valence-corrected chi connectivity index (χ3v) is 7.55. The largest absolute Gasteiger partial charge is 0.339 e. The molecule has 0 saturated carbocycles. The molecule has 2 heterocycles. The van der Waals surface area contributed by atoms with Gasteiger partial charge in [0, 0.05) is 50.2 Å². The van der Waals surface area contributed by atoms with E-state index in [4.69, 9.17) is 0 Å². The molecular weight excluding hydrogens is 414 g/mol. The first-order valence-electron chi connectivity index (χ1n) is 10.2. The fourth-order valence-corrected chi connectivity index (χ4v) is 5.40. The summed E-state index contributed by atoms with van der Waals surface area (Å²) in [5.74, 6) is -0.0855. The van der Waals surface area contributed by atoms with Gasteiger partial charge < -0.3 is 14.4 Å². The Morgan fingerprint density at radius 1 is 0.903 bits per heavy atom. The van der Waals surface area contributed by atoms with E-state index in [2.05, 4.69) is 0 Å². The van der Waals surface area contributed by atoms with Crippen molar-refractivity contribution in [1.29, 1.82) is 0 Å². The lowest BCUT2D eigenvalue weighted by Gasteiger charge is -2.34. The van der Waals surface area contributed by atoms with Crippen LogP contribution in [0, 0.1) is 6.92 Å². The molecule has 0 unspecified atom stereocenters. The van der Waals surface area contributed by atoms with E-state index < -0.39 is 9.84 Å². The van der Waals surface area contributed by atoms with Gasteiger partial charge in [0.15, 0.2) is 0 Å². The van der Waals surface area contributed by atoms with Gasteiger partial charge in [-0.1, -0.05) is 35.9 Å². The highest BCUT2D eigenvalue weighted by molar-refractivity contribution is 7.91. The third kappa shape index (κ3) is 4.07.